The molecule has 0 aromatic heterocycles. The number of ether oxygens (including phenoxy) is 2. The highest BCUT2D eigenvalue weighted by Gasteiger charge is 2.17. The van der Waals surface area contributed by atoms with E-state index in [0.717, 1.165) is 25.8 Å². The Bertz CT molecular complexity index is 352. The van der Waals surface area contributed by atoms with E-state index in [1.807, 2.05) is 0 Å². The van der Waals surface area contributed by atoms with Crippen LogP contribution >= 0.6 is 25.3 Å². The van der Waals surface area contributed by atoms with Crippen LogP contribution in [0.25, 0.3) is 0 Å². The predicted octanol–water partition coefficient (Wildman–Crippen LogP) is 2.99. The van der Waals surface area contributed by atoms with Gasteiger partial charge in [-0.2, -0.15) is 25.3 Å². The maximum Gasteiger partial charge on any atom is 0.305 e. The lowest BCUT2D eigenvalue weighted by Crippen LogP contribution is -2.31. The zero-order valence-electron chi connectivity index (χ0n) is 15.2. The van der Waals surface area contributed by atoms with Crippen molar-refractivity contribution in [1.29, 1.82) is 0 Å². The van der Waals surface area contributed by atoms with E-state index < -0.39 is 0 Å². The second kappa shape index (κ2) is 14.7. The van der Waals surface area contributed by atoms with E-state index in [1.54, 1.807) is 0 Å². The molecule has 146 valence electrons. The normalized spacial score (nSPS) is 15.3. The molecule has 0 radical (unpaired) electrons. The van der Waals surface area contributed by atoms with Crippen molar-refractivity contribution in [3.05, 3.63) is 0 Å². The molecule has 25 heavy (non-hydrogen) atoms. The number of likely N-dealkylation sites (tertiary alicyclic amines) is 1. The molecule has 0 bridgehead atoms. The molecule has 0 aromatic carbocycles. The van der Waals surface area contributed by atoms with E-state index in [2.05, 4.69) is 30.2 Å². The third kappa shape index (κ3) is 11.8. The van der Waals surface area contributed by atoms with Crippen molar-refractivity contribution in [2.45, 2.75) is 51.4 Å². The molecule has 0 atom stereocenters. The van der Waals surface area contributed by atoms with E-state index in [-0.39, 0.29) is 11.9 Å². The molecule has 1 aliphatic rings. The lowest BCUT2D eigenvalue weighted by molar-refractivity contribution is -0.143. The number of nitrogens with zero attached hydrogens (tertiary/aromatic N) is 1. The monoisotopic (exact) mass is 391 g/mol. The topological polar surface area (TPSA) is 55.8 Å². The Morgan fingerprint density at radius 3 is 1.84 bits per heavy atom. The molecule has 1 heterocycles. The van der Waals surface area contributed by atoms with Crippen LogP contribution in [0.1, 0.15) is 51.4 Å². The summed E-state index contributed by atoms with van der Waals surface area (Å²) in [7, 11) is 0. The van der Waals surface area contributed by atoms with Gasteiger partial charge in [-0.25, -0.2) is 0 Å². The fourth-order valence-corrected chi connectivity index (χ4v) is 3.27. The first-order valence-corrected chi connectivity index (χ1v) is 10.7. The van der Waals surface area contributed by atoms with Crippen molar-refractivity contribution < 1.29 is 19.1 Å². The summed E-state index contributed by atoms with van der Waals surface area (Å²) in [6.07, 6.45) is 7.23. The molecule has 0 saturated carbocycles. The first-order chi connectivity index (χ1) is 12.2. The summed E-state index contributed by atoms with van der Waals surface area (Å²) in [5.41, 5.74) is 0. The van der Waals surface area contributed by atoms with Crippen molar-refractivity contribution in [1.82, 2.24) is 4.90 Å². The summed E-state index contributed by atoms with van der Waals surface area (Å²) in [4.78, 5) is 25.9. The number of rotatable bonds is 13. The third-order valence-electron chi connectivity index (χ3n) is 4.52. The summed E-state index contributed by atoms with van der Waals surface area (Å²) >= 11 is 8.08. The Balaban J connectivity index is 2.35. The number of thiol groups is 2. The minimum atomic E-state index is -0.172. The van der Waals surface area contributed by atoms with Gasteiger partial charge in [-0.3, -0.25) is 9.59 Å². The van der Waals surface area contributed by atoms with Crippen LogP contribution in [0.3, 0.4) is 0 Å². The minimum Gasteiger partial charge on any atom is -0.465 e. The lowest BCUT2D eigenvalue weighted by atomic mass is 9.93. The van der Waals surface area contributed by atoms with E-state index in [1.165, 1.54) is 32.4 Å². The Kier molecular flexibility index (Phi) is 13.3. The lowest BCUT2D eigenvalue weighted by Gasteiger charge is -2.28. The third-order valence-corrected chi connectivity index (χ3v) is 4.89. The Morgan fingerprint density at radius 2 is 1.36 bits per heavy atom. The van der Waals surface area contributed by atoms with E-state index >= 15 is 0 Å². The van der Waals surface area contributed by atoms with Gasteiger partial charge in [0.2, 0.25) is 0 Å². The van der Waals surface area contributed by atoms with Gasteiger partial charge in [0, 0.05) is 24.3 Å². The van der Waals surface area contributed by atoms with E-state index in [9.17, 15) is 9.59 Å². The molecule has 0 aromatic rings. The fraction of sp³-hybridized carbons (Fsp3) is 0.889. The predicted molar refractivity (Wildman–Crippen MR) is 106 cm³/mol. The summed E-state index contributed by atoms with van der Waals surface area (Å²) < 4.78 is 10.2. The maximum atomic E-state index is 11.7. The highest BCUT2D eigenvalue weighted by Crippen LogP contribution is 2.20. The zero-order chi connectivity index (χ0) is 18.3. The van der Waals surface area contributed by atoms with Gasteiger partial charge in [-0.15, -0.1) is 0 Å². The van der Waals surface area contributed by atoms with Gasteiger partial charge in [0.25, 0.3) is 0 Å². The molecule has 0 aliphatic carbocycles. The average molecular weight is 392 g/mol. The largest absolute Gasteiger partial charge is 0.465 e. The van der Waals surface area contributed by atoms with Crippen LogP contribution < -0.4 is 0 Å². The van der Waals surface area contributed by atoms with Gasteiger partial charge in [0.05, 0.1) is 0 Å². The van der Waals surface area contributed by atoms with Gasteiger partial charge in [0.15, 0.2) is 0 Å². The molecule has 5 nitrogen and oxygen atoms in total. The highest BCUT2D eigenvalue weighted by atomic mass is 32.1. The van der Waals surface area contributed by atoms with E-state index in [0.29, 0.717) is 43.5 Å². The molecular weight excluding hydrogens is 358 g/mol. The summed E-state index contributed by atoms with van der Waals surface area (Å²) in [5.74, 6) is 1.08. The molecule has 0 spiro atoms. The van der Waals surface area contributed by atoms with Crippen molar-refractivity contribution in [3.8, 4) is 0 Å². The molecule has 1 saturated heterocycles. The average Bonchev–Trinajstić information content (AvgIpc) is 2.64. The van der Waals surface area contributed by atoms with Crippen molar-refractivity contribution in [3.63, 3.8) is 0 Å². The highest BCUT2D eigenvalue weighted by molar-refractivity contribution is 7.80. The summed E-state index contributed by atoms with van der Waals surface area (Å²) in [5, 5.41) is 0. The maximum absolute atomic E-state index is 11.7. The van der Waals surface area contributed by atoms with Gasteiger partial charge < -0.3 is 14.4 Å². The van der Waals surface area contributed by atoms with Gasteiger partial charge in [-0.1, -0.05) is 6.42 Å². The molecule has 1 rings (SSSR count). The number of piperidine rings is 1. The minimum absolute atomic E-state index is 0.172. The van der Waals surface area contributed by atoms with Gasteiger partial charge >= 0.3 is 11.9 Å². The smallest absolute Gasteiger partial charge is 0.305 e. The van der Waals surface area contributed by atoms with Gasteiger partial charge in [0.1, 0.15) is 13.2 Å². The second-order valence-corrected chi connectivity index (χ2v) is 7.42. The summed E-state index contributed by atoms with van der Waals surface area (Å²) in [6.45, 7) is 4.09. The molecular formula is C18H33NO4S2. The molecule has 0 unspecified atom stereocenters. The standard InChI is InChI=1S/C18H33NO4S2/c20-17(22-12-14-24)6-4-16(5-7-18(21)23-13-15-25)8-11-19-9-2-1-3-10-19/h16,24-25H,1-15H2. The Morgan fingerprint density at radius 1 is 0.840 bits per heavy atom. The molecule has 7 heteroatoms. The molecule has 1 fully saturated rings. The zero-order valence-corrected chi connectivity index (χ0v) is 16.9. The molecule has 0 amide bonds. The first-order valence-electron chi connectivity index (χ1n) is 9.41. The number of carbonyl (C=O) groups is 2. The van der Waals surface area contributed by atoms with E-state index in [4.69, 9.17) is 9.47 Å². The van der Waals surface area contributed by atoms with Crippen LogP contribution in [0.5, 0.6) is 0 Å². The second-order valence-electron chi connectivity index (χ2n) is 6.52. The van der Waals surface area contributed by atoms with Crippen molar-refractivity contribution in [2.24, 2.45) is 5.92 Å². The Labute approximate surface area is 163 Å². The number of hydrogen-bond acceptors (Lipinski definition) is 7. The van der Waals surface area contributed by atoms with Gasteiger partial charge in [-0.05, 0) is 57.7 Å². The van der Waals surface area contributed by atoms with Crippen LogP contribution in [0.4, 0.5) is 0 Å². The van der Waals surface area contributed by atoms with Crippen molar-refractivity contribution in [2.75, 3.05) is 44.4 Å². The quantitative estimate of drug-likeness (QED) is 0.373. The molecule has 1 aliphatic heterocycles. The Hall–Kier alpha value is -0.400. The molecule has 0 N–H and O–H groups in total. The van der Waals surface area contributed by atoms with Crippen molar-refractivity contribution >= 4 is 37.2 Å². The first kappa shape index (κ1) is 22.6. The fourth-order valence-electron chi connectivity index (χ4n) is 3.09. The SMILES string of the molecule is O=C(CCC(CCC(=O)OCCS)CCN1CCCCC1)OCCS. The van der Waals surface area contributed by atoms with Crippen LogP contribution in [0, 0.1) is 5.92 Å². The van der Waals surface area contributed by atoms with Crippen LogP contribution in [-0.2, 0) is 19.1 Å². The summed E-state index contributed by atoms with van der Waals surface area (Å²) in [6, 6.07) is 0. The number of carbonyl (C=O) groups excluding carboxylic acids is 2. The van der Waals surface area contributed by atoms with Crippen LogP contribution in [0.2, 0.25) is 0 Å². The van der Waals surface area contributed by atoms with Crippen LogP contribution in [0.15, 0.2) is 0 Å². The van der Waals surface area contributed by atoms with Crippen LogP contribution in [-0.4, -0.2) is 61.2 Å². The number of hydrogen-bond donors (Lipinski definition) is 2. The number of esters is 2.